The number of hydrogen-bond donors (Lipinski definition) is 1. The van der Waals surface area contributed by atoms with Crippen molar-refractivity contribution < 1.29 is 22.7 Å². The van der Waals surface area contributed by atoms with Crippen LogP contribution < -0.4 is 0 Å². The van der Waals surface area contributed by atoms with Gasteiger partial charge in [0, 0.05) is 12.5 Å². The summed E-state index contributed by atoms with van der Waals surface area (Å²) in [6.45, 7) is 3.84. The summed E-state index contributed by atoms with van der Waals surface area (Å²) in [6.07, 6.45) is -3.00. The normalized spacial score (nSPS) is 16.0. The molecule has 0 aliphatic heterocycles. The standard InChI is InChI=1S/C22H24ClF4NO/c1-14(11-16-5-8-18(24)9-6-16)21(29,15(2)13-28(3)4)17-7-10-20(23)19(12-17)22(25,26)27/h5-12,15,29H,13H2,1-4H3/b14-11-. The average molecular weight is 430 g/mol. The Kier molecular flexibility index (Phi) is 7.14. The van der Waals surface area contributed by atoms with Gasteiger partial charge in [0.15, 0.2) is 0 Å². The van der Waals surface area contributed by atoms with Crippen LogP contribution in [0.15, 0.2) is 48.0 Å². The number of halogens is 5. The summed E-state index contributed by atoms with van der Waals surface area (Å²) in [7, 11) is 3.64. The van der Waals surface area contributed by atoms with Crippen LogP contribution in [0.1, 0.15) is 30.5 Å². The van der Waals surface area contributed by atoms with Crippen LogP contribution in [0.3, 0.4) is 0 Å². The SMILES string of the molecule is C/C(=C/c1ccc(F)cc1)C(O)(c1ccc(Cl)c(C(F)(F)F)c1)C(C)CN(C)C. The Hall–Kier alpha value is -1.89. The van der Waals surface area contributed by atoms with Gasteiger partial charge in [0.25, 0.3) is 0 Å². The molecule has 0 bridgehead atoms. The Morgan fingerprint density at radius 3 is 2.24 bits per heavy atom. The highest BCUT2D eigenvalue weighted by Crippen LogP contribution is 2.42. The summed E-state index contributed by atoms with van der Waals surface area (Å²) >= 11 is 5.76. The van der Waals surface area contributed by atoms with Crippen LogP contribution in [0.2, 0.25) is 5.02 Å². The van der Waals surface area contributed by atoms with Gasteiger partial charge in [-0.1, -0.05) is 42.8 Å². The maximum Gasteiger partial charge on any atom is 0.417 e. The lowest BCUT2D eigenvalue weighted by molar-refractivity contribution is -0.137. The molecule has 2 nitrogen and oxygen atoms in total. The van der Waals surface area contributed by atoms with Gasteiger partial charge >= 0.3 is 6.18 Å². The maximum atomic E-state index is 13.4. The van der Waals surface area contributed by atoms with Crippen LogP contribution in [0.25, 0.3) is 6.08 Å². The molecule has 1 N–H and O–H groups in total. The summed E-state index contributed by atoms with van der Waals surface area (Å²) in [5, 5.41) is 11.3. The molecule has 0 spiro atoms. The van der Waals surface area contributed by atoms with Gasteiger partial charge in [-0.05, 0) is 62.0 Å². The van der Waals surface area contributed by atoms with Gasteiger partial charge in [-0.15, -0.1) is 0 Å². The van der Waals surface area contributed by atoms with E-state index in [0.29, 0.717) is 17.7 Å². The highest BCUT2D eigenvalue weighted by Gasteiger charge is 2.41. The van der Waals surface area contributed by atoms with Crippen molar-refractivity contribution in [3.63, 3.8) is 0 Å². The first kappa shape index (κ1) is 23.4. The molecule has 2 aromatic carbocycles. The van der Waals surface area contributed by atoms with Gasteiger partial charge in [-0.2, -0.15) is 13.2 Å². The molecule has 0 fully saturated rings. The molecule has 2 unspecified atom stereocenters. The Morgan fingerprint density at radius 1 is 1.14 bits per heavy atom. The van der Waals surface area contributed by atoms with Crippen molar-refractivity contribution in [1.29, 1.82) is 0 Å². The number of rotatable bonds is 6. The molecule has 0 heterocycles. The van der Waals surface area contributed by atoms with Crippen LogP contribution in [-0.4, -0.2) is 30.6 Å². The third-order valence-electron chi connectivity index (χ3n) is 4.92. The van der Waals surface area contributed by atoms with Gasteiger partial charge in [-0.3, -0.25) is 0 Å². The molecule has 2 atom stereocenters. The number of hydrogen-bond acceptors (Lipinski definition) is 2. The van der Waals surface area contributed by atoms with Crippen molar-refractivity contribution in [1.82, 2.24) is 4.90 Å². The van der Waals surface area contributed by atoms with Crippen LogP contribution in [0.5, 0.6) is 0 Å². The van der Waals surface area contributed by atoms with E-state index in [1.807, 2.05) is 19.0 Å². The first-order chi connectivity index (χ1) is 13.4. The molecule has 158 valence electrons. The average Bonchev–Trinajstić information content (AvgIpc) is 2.61. The Balaban J connectivity index is 2.64. The molecular formula is C22H24ClF4NO. The molecule has 2 rings (SSSR count). The van der Waals surface area contributed by atoms with Crippen molar-refractivity contribution in [2.75, 3.05) is 20.6 Å². The predicted octanol–water partition coefficient (Wildman–Crippen LogP) is 5.99. The second-order valence-corrected chi connectivity index (χ2v) is 7.91. The fourth-order valence-corrected chi connectivity index (χ4v) is 3.70. The van der Waals surface area contributed by atoms with Crippen molar-refractivity contribution in [3.05, 3.63) is 75.6 Å². The van der Waals surface area contributed by atoms with Gasteiger partial charge in [0.2, 0.25) is 0 Å². The molecule has 2 aromatic rings. The van der Waals surface area contributed by atoms with E-state index in [1.165, 1.54) is 18.2 Å². The molecule has 0 saturated heterocycles. The van der Waals surface area contributed by atoms with Gasteiger partial charge in [0.1, 0.15) is 11.4 Å². The van der Waals surface area contributed by atoms with E-state index in [1.54, 1.807) is 32.1 Å². The second-order valence-electron chi connectivity index (χ2n) is 7.50. The Labute approximate surface area is 173 Å². The van der Waals surface area contributed by atoms with Crippen LogP contribution in [0.4, 0.5) is 17.6 Å². The first-order valence-corrected chi connectivity index (χ1v) is 9.42. The lowest BCUT2D eigenvalue weighted by Gasteiger charge is -2.38. The number of nitrogens with zero attached hydrogens (tertiary/aromatic N) is 1. The fourth-order valence-electron chi connectivity index (χ4n) is 3.48. The third kappa shape index (κ3) is 5.38. The van der Waals surface area contributed by atoms with E-state index in [4.69, 9.17) is 11.6 Å². The molecule has 0 amide bonds. The second kappa shape index (κ2) is 8.86. The highest BCUT2D eigenvalue weighted by atomic mass is 35.5. The van der Waals surface area contributed by atoms with E-state index in [-0.39, 0.29) is 5.56 Å². The van der Waals surface area contributed by atoms with Crippen LogP contribution >= 0.6 is 11.6 Å². The van der Waals surface area contributed by atoms with Gasteiger partial charge in [-0.25, -0.2) is 4.39 Å². The minimum Gasteiger partial charge on any atom is -0.380 e. The zero-order chi connectivity index (χ0) is 22.0. The molecule has 29 heavy (non-hydrogen) atoms. The molecule has 0 saturated carbocycles. The largest absolute Gasteiger partial charge is 0.417 e. The van der Waals surface area contributed by atoms with Crippen molar-refractivity contribution in [3.8, 4) is 0 Å². The molecule has 7 heteroatoms. The summed E-state index contributed by atoms with van der Waals surface area (Å²) in [4.78, 5) is 1.85. The minimum absolute atomic E-state index is 0.0967. The van der Waals surface area contributed by atoms with Crippen LogP contribution in [-0.2, 0) is 11.8 Å². The van der Waals surface area contributed by atoms with E-state index < -0.39 is 34.1 Å². The monoisotopic (exact) mass is 429 g/mol. The Morgan fingerprint density at radius 2 is 1.72 bits per heavy atom. The molecule has 0 aromatic heterocycles. The van der Waals surface area contributed by atoms with Crippen LogP contribution in [0, 0.1) is 11.7 Å². The highest BCUT2D eigenvalue weighted by molar-refractivity contribution is 6.31. The number of aliphatic hydroxyl groups is 1. The van der Waals surface area contributed by atoms with Gasteiger partial charge < -0.3 is 10.0 Å². The molecule has 0 aliphatic carbocycles. The predicted molar refractivity (Wildman–Crippen MR) is 108 cm³/mol. The minimum atomic E-state index is -4.65. The molecule has 0 aliphatic rings. The molecular weight excluding hydrogens is 406 g/mol. The summed E-state index contributed by atoms with van der Waals surface area (Å²) in [5.74, 6) is -0.847. The van der Waals surface area contributed by atoms with E-state index in [2.05, 4.69) is 0 Å². The smallest absolute Gasteiger partial charge is 0.380 e. The topological polar surface area (TPSA) is 23.5 Å². The van der Waals surface area contributed by atoms with Crippen molar-refractivity contribution >= 4 is 17.7 Å². The lowest BCUT2D eigenvalue weighted by Crippen LogP contribution is -2.40. The lowest BCUT2D eigenvalue weighted by atomic mass is 9.76. The quantitative estimate of drug-likeness (QED) is 0.570. The summed E-state index contributed by atoms with van der Waals surface area (Å²) in [6, 6.07) is 9.11. The maximum absolute atomic E-state index is 13.4. The van der Waals surface area contributed by atoms with Crippen molar-refractivity contribution in [2.45, 2.75) is 25.6 Å². The van der Waals surface area contributed by atoms with E-state index in [0.717, 1.165) is 12.1 Å². The zero-order valence-corrected chi connectivity index (χ0v) is 17.4. The summed E-state index contributed by atoms with van der Waals surface area (Å²) in [5.41, 5.74) is -1.53. The Bertz CT molecular complexity index is 877. The van der Waals surface area contributed by atoms with E-state index in [9.17, 15) is 22.7 Å². The van der Waals surface area contributed by atoms with Gasteiger partial charge in [0.05, 0.1) is 10.6 Å². The fraction of sp³-hybridized carbons (Fsp3) is 0.364. The van der Waals surface area contributed by atoms with E-state index >= 15 is 0 Å². The first-order valence-electron chi connectivity index (χ1n) is 9.04. The van der Waals surface area contributed by atoms with Crippen molar-refractivity contribution in [2.24, 2.45) is 5.92 Å². The number of alkyl halides is 3. The zero-order valence-electron chi connectivity index (χ0n) is 16.7. The molecule has 0 radical (unpaired) electrons. The number of benzene rings is 2. The summed E-state index contributed by atoms with van der Waals surface area (Å²) < 4.78 is 53.4. The third-order valence-corrected chi connectivity index (χ3v) is 5.25.